The van der Waals surface area contributed by atoms with Gasteiger partial charge in [0.25, 0.3) is 0 Å². The molecule has 0 heterocycles. The van der Waals surface area contributed by atoms with Gasteiger partial charge in [0.2, 0.25) is 0 Å². The van der Waals surface area contributed by atoms with Crippen LogP contribution in [0, 0.1) is 17.8 Å². The summed E-state index contributed by atoms with van der Waals surface area (Å²) in [6.45, 7) is 25.8. The lowest BCUT2D eigenvalue weighted by Crippen LogP contribution is -2.50. The molecular formula is C64H123N5O2. The van der Waals surface area contributed by atoms with Gasteiger partial charge in [-0.25, -0.2) is 0 Å². The molecule has 8 atom stereocenters. The van der Waals surface area contributed by atoms with E-state index in [-0.39, 0.29) is 31.2 Å². The minimum atomic E-state index is -0.576. The standard InChI is InChI=1S/C64H123N5O2/c1-10-16-19-22-31-43-60(44-34-25-28-40-57(7)37-13-4)67(49-51-68(55-63(70)53-65)61(45-32-23-20-17-11-2)47-35-26-29-41-58(8)38-14-5)50-52-69(56-64(71)54-66)62(46-33-24-21-18-12-3)48-36-27-30-42-59(9)39-15-6/h28-30,34-36,40-42,44,47-48,57-64,70-71H,10-27,31-33,37-39,43,45-46,49-56,65-66H2,1-9H3/b40-28-,41-29-,42-30-,44-34-,47-35-,48-36-. The van der Waals surface area contributed by atoms with Gasteiger partial charge in [0.1, 0.15) is 0 Å². The van der Waals surface area contributed by atoms with Gasteiger partial charge in [0.05, 0.1) is 12.2 Å². The summed E-state index contributed by atoms with van der Waals surface area (Å²) in [5, 5.41) is 22.5. The Kier molecular flexibility index (Phi) is 49.0. The summed E-state index contributed by atoms with van der Waals surface area (Å²) >= 11 is 0. The van der Waals surface area contributed by atoms with E-state index in [1.54, 1.807) is 0 Å². The lowest BCUT2D eigenvalue weighted by Gasteiger charge is -2.38. The number of nitrogens with zero attached hydrogens (tertiary/aromatic N) is 3. The summed E-state index contributed by atoms with van der Waals surface area (Å²) in [5.74, 6) is 1.81. The van der Waals surface area contributed by atoms with Gasteiger partial charge in [-0.2, -0.15) is 0 Å². The highest BCUT2D eigenvalue weighted by atomic mass is 16.3. The van der Waals surface area contributed by atoms with Crippen molar-refractivity contribution in [1.82, 2.24) is 14.7 Å². The molecular weight excluding hydrogens is 871 g/mol. The first kappa shape index (κ1) is 69.2. The van der Waals surface area contributed by atoms with E-state index >= 15 is 0 Å². The molecule has 7 heteroatoms. The van der Waals surface area contributed by atoms with Crippen molar-refractivity contribution in [2.24, 2.45) is 29.2 Å². The van der Waals surface area contributed by atoms with E-state index in [1.165, 1.54) is 135 Å². The number of rotatable bonds is 51. The fourth-order valence-corrected chi connectivity index (χ4v) is 10.0. The van der Waals surface area contributed by atoms with Crippen LogP contribution in [0.1, 0.15) is 236 Å². The second-order valence-corrected chi connectivity index (χ2v) is 21.7. The van der Waals surface area contributed by atoms with Gasteiger partial charge >= 0.3 is 0 Å². The molecule has 0 aromatic carbocycles. The third-order valence-electron chi connectivity index (χ3n) is 14.5. The van der Waals surface area contributed by atoms with Crippen molar-refractivity contribution in [2.45, 2.75) is 266 Å². The van der Waals surface area contributed by atoms with E-state index in [9.17, 15) is 10.2 Å². The van der Waals surface area contributed by atoms with Crippen molar-refractivity contribution in [3.8, 4) is 0 Å². The van der Waals surface area contributed by atoms with Crippen LogP contribution in [-0.4, -0.2) is 108 Å². The van der Waals surface area contributed by atoms with Crippen LogP contribution < -0.4 is 11.5 Å². The molecule has 0 aromatic rings. The van der Waals surface area contributed by atoms with Crippen molar-refractivity contribution in [2.75, 3.05) is 52.4 Å². The van der Waals surface area contributed by atoms with Crippen LogP contribution in [0.25, 0.3) is 0 Å². The lowest BCUT2D eigenvalue weighted by atomic mass is 10.0. The molecule has 0 saturated heterocycles. The van der Waals surface area contributed by atoms with Crippen LogP contribution in [0.15, 0.2) is 72.9 Å². The molecule has 0 saturated carbocycles. The first-order chi connectivity index (χ1) is 34.5. The van der Waals surface area contributed by atoms with Crippen LogP contribution in [0.4, 0.5) is 0 Å². The minimum absolute atomic E-state index is 0.233. The number of aliphatic hydroxyl groups is 2. The molecule has 0 aliphatic heterocycles. The Morgan fingerprint density at radius 1 is 0.338 bits per heavy atom. The van der Waals surface area contributed by atoms with E-state index in [0.29, 0.717) is 30.8 Å². The summed E-state index contributed by atoms with van der Waals surface area (Å²) < 4.78 is 0. The molecule has 0 rings (SSSR count). The number of nitrogens with two attached hydrogens (primary N) is 2. The molecule has 416 valence electrons. The van der Waals surface area contributed by atoms with E-state index < -0.39 is 12.2 Å². The van der Waals surface area contributed by atoms with Crippen molar-refractivity contribution in [1.29, 1.82) is 0 Å². The highest BCUT2D eigenvalue weighted by Crippen LogP contribution is 2.21. The average molecular weight is 995 g/mol. The Hall–Kier alpha value is -1.84. The van der Waals surface area contributed by atoms with E-state index in [4.69, 9.17) is 11.5 Å². The van der Waals surface area contributed by atoms with Crippen LogP contribution in [0.3, 0.4) is 0 Å². The highest BCUT2D eigenvalue weighted by molar-refractivity contribution is 5.04. The van der Waals surface area contributed by atoms with Crippen LogP contribution >= 0.6 is 0 Å². The molecule has 0 bridgehead atoms. The molecule has 7 nitrogen and oxygen atoms in total. The Labute approximate surface area is 443 Å². The molecule has 6 N–H and O–H groups in total. The highest BCUT2D eigenvalue weighted by Gasteiger charge is 2.25. The molecule has 0 fully saturated rings. The first-order valence-corrected chi connectivity index (χ1v) is 30.5. The van der Waals surface area contributed by atoms with Gasteiger partial charge in [-0.1, -0.05) is 251 Å². The third-order valence-corrected chi connectivity index (χ3v) is 14.5. The molecule has 0 amide bonds. The molecule has 0 aliphatic carbocycles. The summed E-state index contributed by atoms with van der Waals surface area (Å²) in [4.78, 5) is 7.90. The second kappa shape index (κ2) is 50.3. The third kappa shape index (κ3) is 40.2. The lowest BCUT2D eigenvalue weighted by molar-refractivity contribution is 0.0714. The van der Waals surface area contributed by atoms with Gasteiger partial charge in [-0.05, 0) is 75.5 Å². The van der Waals surface area contributed by atoms with Gasteiger partial charge in [-0.3, -0.25) is 14.7 Å². The number of hydrogen-bond acceptors (Lipinski definition) is 7. The van der Waals surface area contributed by atoms with E-state index in [2.05, 4.69) is 150 Å². The van der Waals surface area contributed by atoms with Crippen molar-refractivity contribution < 1.29 is 10.2 Å². The zero-order valence-electron chi connectivity index (χ0n) is 48.7. The quantitative estimate of drug-likeness (QED) is 0.0356. The fourth-order valence-electron chi connectivity index (χ4n) is 10.0. The van der Waals surface area contributed by atoms with Crippen molar-refractivity contribution in [3.63, 3.8) is 0 Å². The smallest absolute Gasteiger partial charge is 0.0789 e. The number of aliphatic hydroxyl groups excluding tert-OH is 2. The SMILES string of the molecule is CCCCCCCC(/C=C\C/C=C\C(C)CCC)N(CCN(CC(O)CN)C(/C=C\C/C=C\C(C)CCC)CCCCCCC)CCN(CC(O)CN)C(/C=C\C/C=C\C(C)CCC)CCCCCCC. The zero-order chi connectivity index (χ0) is 52.6. The fraction of sp³-hybridized carbons (Fsp3) is 0.812. The van der Waals surface area contributed by atoms with Gasteiger partial charge in [0.15, 0.2) is 0 Å². The normalized spacial score (nSPS) is 16.4. The Morgan fingerprint density at radius 2 is 0.606 bits per heavy atom. The monoisotopic (exact) mass is 994 g/mol. The molecule has 8 unspecified atom stereocenters. The van der Waals surface area contributed by atoms with E-state index in [1.807, 2.05) is 0 Å². The number of unbranched alkanes of at least 4 members (excludes halogenated alkanes) is 12. The molecule has 0 radical (unpaired) electrons. The maximum atomic E-state index is 11.3. The summed E-state index contributed by atoms with van der Waals surface area (Å²) in [5.41, 5.74) is 12.4. The number of hydrogen-bond donors (Lipinski definition) is 4. The Balaban J connectivity index is 7.35. The van der Waals surface area contributed by atoms with E-state index in [0.717, 1.165) is 64.7 Å². The van der Waals surface area contributed by atoms with Gasteiger partial charge in [-0.15, -0.1) is 0 Å². The first-order valence-electron chi connectivity index (χ1n) is 30.5. The Morgan fingerprint density at radius 3 is 0.887 bits per heavy atom. The molecule has 71 heavy (non-hydrogen) atoms. The van der Waals surface area contributed by atoms with Gasteiger partial charge < -0.3 is 21.7 Å². The molecule has 0 aromatic heterocycles. The van der Waals surface area contributed by atoms with Crippen molar-refractivity contribution >= 4 is 0 Å². The minimum Gasteiger partial charge on any atom is -0.390 e. The number of allylic oxidation sites excluding steroid dienone is 9. The van der Waals surface area contributed by atoms with Crippen LogP contribution in [0.5, 0.6) is 0 Å². The van der Waals surface area contributed by atoms with Crippen LogP contribution in [-0.2, 0) is 0 Å². The summed E-state index contributed by atoms with van der Waals surface area (Å²) in [6.07, 6.45) is 59.9. The molecule has 0 aliphatic rings. The summed E-state index contributed by atoms with van der Waals surface area (Å²) in [7, 11) is 0. The zero-order valence-corrected chi connectivity index (χ0v) is 48.7. The van der Waals surface area contributed by atoms with Crippen molar-refractivity contribution in [3.05, 3.63) is 72.9 Å². The van der Waals surface area contributed by atoms with Gasteiger partial charge in [0, 0.05) is 70.5 Å². The average Bonchev–Trinajstić information content (AvgIpc) is 3.35. The maximum absolute atomic E-state index is 11.3. The Bertz CT molecular complexity index is 1240. The largest absolute Gasteiger partial charge is 0.390 e. The molecule has 0 spiro atoms. The predicted octanol–water partition coefficient (Wildman–Crippen LogP) is 15.5. The van der Waals surface area contributed by atoms with Crippen LogP contribution in [0.2, 0.25) is 0 Å². The maximum Gasteiger partial charge on any atom is 0.0789 e. The predicted molar refractivity (Wildman–Crippen MR) is 317 cm³/mol. The second-order valence-electron chi connectivity index (χ2n) is 21.7. The topological polar surface area (TPSA) is 102 Å². The summed E-state index contributed by atoms with van der Waals surface area (Å²) in [6, 6.07) is 0.756.